The highest BCUT2D eigenvalue weighted by Gasteiger charge is 2.15. The van der Waals surface area contributed by atoms with Crippen molar-refractivity contribution < 1.29 is 19.2 Å². The lowest BCUT2D eigenvalue weighted by Crippen LogP contribution is -2.12. The summed E-state index contributed by atoms with van der Waals surface area (Å²) in [5.41, 5.74) is 2.83. The van der Waals surface area contributed by atoms with Crippen LogP contribution in [0.5, 0.6) is 11.5 Å². The standard InChI is InChI=1S/C22H19NO5/c1-15-3-5-17(6-4-15)21(24)14-28-22-12-9-18(23(25)26)13-20(22)16-7-10-19(27-2)11-8-16/h3-13H,14H2,1-2H3. The van der Waals surface area contributed by atoms with Gasteiger partial charge in [0, 0.05) is 23.3 Å². The third kappa shape index (κ3) is 4.35. The molecule has 0 radical (unpaired) electrons. The number of hydrogen-bond acceptors (Lipinski definition) is 5. The smallest absolute Gasteiger partial charge is 0.270 e. The average molecular weight is 377 g/mol. The fourth-order valence-electron chi connectivity index (χ4n) is 2.72. The van der Waals surface area contributed by atoms with Crippen LogP contribution in [-0.4, -0.2) is 24.4 Å². The van der Waals surface area contributed by atoms with Crippen LogP contribution in [0.2, 0.25) is 0 Å². The number of benzene rings is 3. The molecule has 3 aromatic carbocycles. The third-order valence-electron chi connectivity index (χ3n) is 4.31. The molecule has 0 spiro atoms. The lowest BCUT2D eigenvalue weighted by Gasteiger charge is -2.12. The van der Waals surface area contributed by atoms with E-state index < -0.39 is 4.92 Å². The van der Waals surface area contributed by atoms with Gasteiger partial charge in [-0.25, -0.2) is 0 Å². The lowest BCUT2D eigenvalue weighted by molar-refractivity contribution is -0.384. The molecule has 3 rings (SSSR count). The average Bonchev–Trinajstić information content (AvgIpc) is 2.72. The molecule has 0 saturated carbocycles. The Bertz CT molecular complexity index is 994. The number of rotatable bonds is 7. The molecular formula is C22H19NO5. The molecule has 0 fully saturated rings. The molecular weight excluding hydrogens is 358 g/mol. The van der Waals surface area contributed by atoms with E-state index >= 15 is 0 Å². The normalized spacial score (nSPS) is 10.4. The summed E-state index contributed by atoms with van der Waals surface area (Å²) >= 11 is 0. The Labute approximate surface area is 162 Å². The molecule has 0 N–H and O–H groups in total. The van der Waals surface area contributed by atoms with Crippen LogP contribution in [0.25, 0.3) is 11.1 Å². The number of nitro groups is 1. The van der Waals surface area contributed by atoms with Gasteiger partial charge in [0.2, 0.25) is 0 Å². The van der Waals surface area contributed by atoms with Crippen LogP contribution in [0, 0.1) is 17.0 Å². The topological polar surface area (TPSA) is 78.7 Å². The van der Waals surface area contributed by atoms with E-state index in [9.17, 15) is 14.9 Å². The van der Waals surface area contributed by atoms with Gasteiger partial charge < -0.3 is 9.47 Å². The van der Waals surface area contributed by atoms with Crippen LogP contribution >= 0.6 is 0 Å². The minimum absolute atomic E-state index is 0.0528. The van der Waals surface area contributed by atoms with Gasteiger partial charge in [-0.15, -0.1) is 0 Å². The fraction of sp³-hybridized carbons (Fsp3) is 0.136. The Morgan fingerprint density at radius 2 is 1.68 bits per heavy atom. The van der Waals surface area contributed by atoms with Crippen molar-refractivity contribution in [3.05, 3.63) is 88.0 Å². The van der Waals surface area contributed by atoms with Crippen molar-refractivity contribution >= 4 is 11.5 Å². The van der Waals surface area contributed by atoms with E-state index in [4.69, 9.17) is 9.47 Å². The van der Waals surface area contributed by atoms with E-state index in [0.717, 1.165) is 11.1 Å². The van der Waals surface area contributed by atoms with Crippen molar-refractivity contribution in [3.63, 3.8) is 0 Å². The highest BCUT2D eigenvalue weighted by molar-refractivity contribution is 5.97. The van der Waals surface area contributed by atoms with Crippen molar-refractivity contribution in [2.45, 2.75) is 6.92 Å². The van der Waals surface area contributed by atoms with Gasteiger partial charge in [0.15, 0.2) is 12.4 Å². The lowest BCUT2D eigenvalue weighted by atomic mass is 10.0. The number of nitrogens with zero attached hydrogens (tertiary/aromatic N) is 1. The van der Waals surface area contributed by atoms with Crippen molar-refractivity contribution in [2.24, 2.45) is 0 Å². The third-order valence-corrected chi connectivity index (χ3v) is 4.31. The minimum Gasteiger partial charge on any atom is -0.497 e. The summed E-state index contributed by atoms with van der Waals surface area (Å²) in [5.74, 6) is 0.904. The zero-order valence-electron chi connectivity index (χ0n) is 15.5. The Morgan fingerprint density at radius 1 is 1.00 bits per heavy atom. The molecule has 6 heteroatoms. The van der Waals surface area contributed by atoms with Crippen LogP contribution in [0.4, 0.5) is 5.69 Å². The predicted octanol–water partition coefficient (Wildman–Crippen LogP) is 4.84. The molecule has 28 heavy (non-hydrogen) atoms. The van der Waals surface area contributed by atoms with Crippen LogP contribution in [0.3, 0.4) is 0 Å². The molecule has 0 bridgehead atoms. The van der Waals surface area contributed by atoms with Gasteiger partial charge in [-0.3, -0.25) is 14.9 Å². The summed E-state index contributed by atoms with van der Waals surface area (Å²) in [7, 11) is 1.56. The number of ketones is 1. The molecule has 142 valence electrons. The number of carbonyl (C=O) groups is 1. The summed E-state index contributed by atoms with van der Waals surface area (Å²) in [4.78, 5) is 23.1. The van der Waals surface area contributed by atoms with Gasteiger partial charge in [-0.05, 0) is 30.7 Å². The number of nitro benzene ring substituents is 1. The van der Waals surface area contributed by atoms with Gasteiger partial charge in [-0.1, -0.05) is 42.0 Å². The number of carbonyl (C=O) groups excluding carboxylic acids is 1. The highest BCUT2D eigenvalue weighted by Crippen LogP contribution is 2.34. The molecule has 0 heterocycles. The Kier molecular flexibility index (Phi) is 5.69. The van der Waals surface area contributed by atoms with Crippen LogP contribution in [-0.2, 0) is 0 Å². The maximum atomic E-state index is 12.4. The second-order valence-electron chi connectivity index (χ2n) is 6.24. The Morgan fingerprint density at radius 3 is 2.29 bits per heavy atom. The number of ether oxygens (including phenoxy) is 2. The minimum atomic E-state index is -0.464. The molecule has 0 aliphatic rings. The SMILES string of the molecule is COc1ccc(-c2cc([N+](=O)[O-])ccc2OCC(=O)c2ccc(C)cc2)cc1. The van der Waals surface area contributed by atoms with Crippen molar-refractivity contribution in [1.82, 2.24) is 0 Å². The summed E-state index contributed by atoms with van der Waals surface area (Å²) in [6.07, 6.45) is 0. The quantitative estimate of drug-likeness (QED) is 0.334. The number of non-ortho nitro benzene ring substituents is 1. The van der Waals surface area contributed by atoms with Crippen molar-refractivity contribution in [1.29, 1.82) is 0 Å². The van der Waals surface area contributed by atoms with Gasteiger partial charge in [0.25, 0.3) is 5.69 Å². The number of aryl methyl sites for hydroxylation is 1. The molecule has 0 aromatic heterocycles. The monoisotopic (exact) mass is 377 g/mol. The second-order valence-corrected chi connectivity index (χ2v) is 6.24. The van der Waals surface area contributed by atoms with E-state index in [1.807, 2.05) is 19.1 Å². The Balaban J connectivity index is 1.87. The number of hydrogen-bond donors (Lipinski definition) is 0. The van der Waals surface area contributed by atoms with Crippen LogP contribution in [0.15, 0.2) is 66.7 Å². The van der Waals surface area contributed by atoms with Crippen molar-refractivity contribution in [2.75, 3.05) is 13.7 Å². The fourth-order valence-corrected chi connectivity index (χ4v) is 2.72. The van der Waals surface area contributed by atoms with Gasteiger partial charge >= 0.3 is 0 Å². The maximum absolute atomic E-state index is 12.4. The Hall–Kier alpha value is -3.67. The summed E-state index contributed by atoms with van der Waals surface area (Å²) in [5, 5.41) is 11.2. The van der Waals surface area contributed by atoms with Gasteiger partial charge in [0.1, 0.15) is 11.5 Å². The molecule has 0 aliphatic carbocycles. The summed E-state index contributed by atoms with van der Waals surface area (Å²) in [6.45, 7) is 1.78. The summed E-state index contributed by atoms with van der Waals surface area (Å²) < 4.78 is 10.9. The van der Waals surface area contributed by atoms with Crippen LogP contribution < -0.4 is 9.47 Å². The molecule has 0 saturated heterocycles. The largest absolute Gasteiger partial charge is 0.497 e. The first-order valence-electron chi connectivity index (χ1n) is 8.63. The van der Waals surface area contributed by atoms with E-state index in [2.05, 4.69) is 0 Å². The highest BCUT2D eigenvalue weighted by atomic mass is 16.6. The molecule has 0 amide bonds. The van der Waals surface area contributed by atoms with Crippen LogP contribution in [0.1, 0.15) is 15.9 Å². The zero-order chi connectivity index (χ0) is 20.1. The zero-order valence-corrected chi connectivity index (χ0v) is 15.5. The first kappa shape index (κ1) is 19.1. The second kappa shape index (κ2) is 8.35. The first-order chi connectivity index (χ1) is 13.5. The number of methoxy groups -OCH3 is 1. The van der Waals surface area contributed by atoms with Crippen molar-refractivity contribution in [3.8, 4) is 22.6 Å². The predicted molar refractivity (Wildman–Crippen MR) is 106 cm³/mol. The van der Waals surface area contributed by atoms with Gasteiger partial charge in [0.05, 0.1) is 12.0 Å². The first-order valence-corrected chi connectivity index (χ1v) is 8.63. The molecule has 0 atom stereocenters. The molecule has 6 nitrogen and oxygen atoms in total. The number of Topliss-reactive ketones (excluding diaryl/α,β-unsaturated/α-hetero) is 1. The van der Waals surface area contributed by atoms with E-state index in [1.54, 1.807) is 43.5 Å². The molecule has 0 aliphatic heterocycles. The molecule has 3 aromatic rings. The maximum Gasteiger partial charge on any atom is 0.270 e. The van der Waals surface area contributed by atoms with E-state index in [1.165, 1.54) is 18.2 Å². The van der Waals surface area contributed by atoms with E-state index in [-0.39, 0.29) is 18.1 Å². The summed E-state index contributed by atoms with van der Waals surface area (Å²) in [6, 6.07) is 18.6. The van der Waals surface area contributed by atoms with Gasteiger partial charge in [-0.2, -0.15) is 0 Å². The molecule has 0 unspecified atom stereocenters. The van der Waals surface area contributed by atoms with E-state index in [0.29, 0.717) is 22.6 Å².